The number of sulfonamides is 1. The van der Waals surface area contributed by atoms with Crippen molar-refractivity contribution in [3.05, 3.63) is 89.2 Å². The monoisotopic (exact) mass is 471 g/mol. The summed E-state index contributed by atoms with van der Waals surface area (Å²) < 4.78 is 52.0. The molecule has 1 N–H and O–H groups in total. The Kier molecular flexibility index (Phi) is 7.44. The molecule has 0 amide bonds. The zero-order chi connectivity index (χ0) is 24.0. The minimum Gasteiger partial charge on any atom is -0.489 e. The van der Waals surface area contributed by atoms with Gasteiger partial charge in [0.15, 0.2) is 5.78 Å². The lowest BCUT2D eigenvalue weighted by Gasteiger charge is -2.14. The van der Waals surface area contributed by atoms with E-state index in [9.17, 15) is 22.4 Å². The van der Waals surface area contributed by atoms with Gasteiger partial charge in [0.1, 0.15) is 24.8 Å². The summed E-state index contributed by atoms with van der Waals surface area (Å²) in [5.74, 6) is -1.08. The number of ether oxygens (including phenoxy) is 2. The minimum absolute atomic E-state index is 0.00129. The molecule has 172 valence electrons. The molecular weight excluding hydrogens is 449 g/mol. The first-order chi connectivity index (χ1) is 15.7. The van der Waals surface area contributed by atoms with E-state index in [0.29, 0.717) is 11.3 Å². The summed E-state index contributed by atoms with van der Waals surface area (Å²) in [5.41, 5.74) is 0.671. The lowest BCUT2D eigenvalue weighted by Crippen LogP contribution is -2.18. The standard InChI is InChI=1S/C24H22FNO6S/c1-16-15-18(25)11-12-23(16)33(29,30)26-21-9-5-3-8-20(21)24(28)32-14-13-31-22-10-6-4-7-19(22)17(2)27/h3-12,15,26H,13-14H2,1-2H3. The number of carbonyl (C=O) groups excluding carboxylic acids is 2. The van der Waals surface area contributed by atoms with E-state index in [1.165, 1.54) is 26.0 Å². The van der Waals surface area contributed by atoms with Gasteiger partial charge in [-0.05, 0) is 61.9 Å². The van der Waals surface area contributed by atoms with Crippen LogP contribution in [-0.4, -0.2) is 33.4 Å². The van der Waals surface area contributed by atoms with Crippen LogP contribution < -0.4 is 9.46 Å². The molecule has 0 aliphatic heterocycles. The second-order valence-corrected chi connectivity index (χ2v) is 8.75. The van der Waals surface area contributed by atoms with Gasteiger partial charge in [-0.1, -0.05) is 24.3 Å². The van der Waals surface area contributed by atoms with E-state index in [-0.39, 0.29) is 40.7 Å². The Bertz CT molecular complexity index is 1290. The molecule has 0 atom stereocenters. The van der Waals surface area contributed by atoms with Crippen LogP contribution in [0.1, 0.15) is 33.2 Å². The Labute approximate surface area is 191 Å². The van der Waals surface area contributed by atoms with Gasteiger partial charge in [-0.15, -0.1) is 0 Å². The van der Waals surface area contributed by atoms with Crippen molar-refractivity contribution in [1.29, 1.82) is 0 Å². The Morgan fingerprint density at radius 2 is 1.61 bits per heavy atom. The predicted octanol–water partition coefficient (Wildman–Crippen LogP) is 4.37. The molecule has 9 heteroatoms. The number of Topliss-reactive ketones (excluding diaryl/α,β-unsaturated/α-hetero) is 1. The molecule has 0 radical (unpaired) electrons. The third-order valence-corrected chi connectivity index (χ3v) is 6.18. The lowest BCUT2D eigenvalue weighted by atomic mass is 10.1. The van der Waals surface area contributed by atoms with Crippen molar-refractivity contribution in [2.24, 2.45) is 0 Å². The Hall–Kier alpha value is -3.72. The van der Waals surface area contributed by atoms with Crippen LogP contribution >= 0.6 is 0 Å². The molecule has 0 heterocycles. The molecule has 3 aromatic carbocycles. The number of rotatable bonds is 9. The number of benzene rings is 3. The van der Waals surface area contributed by atoms with Crippen molar-refractivity contribution in [2.45, 2.75) is 18.7 Å². The van der Waals surface area contributed by atoms with Gasteiger partial charge in [0, 0.05) is 0 Å². The van der Waals surface area contributed by atoms with Gasteiger partial charge in [0.25, 0.3) is 10.0 Å². The molecule has 0 unspecified atom stereocenters. The van der Waals surface area contributed by atoms with Crippen molar-refractivity contribution in [3.63, 3.8) is 0 Å². The quantitative estimate of drug-likeness (QED) is 0.283. The Balaban J connectivity index is 1.67. The summed E-state index contributed by atoms with van der Waals surface area (Å²) >= 11 is 0. The minimum atomic E-state index is -4.07. The van der Waals surface area contributed by atoms with E-state index in [1.807, 2.05) is 0 Å². The summed E-state index contributed by atoms with van der Waals surface area (Å²) in [5, 5.41) is 0. The molecule has 0 aliphatic carbocycles. The molecule has 0 spiro atoms. The number of anilines is 1. The molecule has 0 aromatic heterocycles. The predicted molar refractivity (Wildman–Crippen MR) is 121 cm³/mol. The van der Waals surface area contributed by atoms with Gasteiger partial charge in [-0.2, -0.15) is 0 Å². The van der Waals surface area contributed by atoms with Crippen LogP contribution in [-0.2, 0) is 14.8 Å². The zero-order valence-electron chi connectivity index (χ0n) is 18.0. The van der Waals surface area contributed by atoms with Crippen molar-refractivity contribution >= 4 is 27.5 Å². The van der Waals surface area contributed by atoms with Crippen LogP contribution in [0.3, 0.4) is 0 Å². The number of aryl methyl sites for hydroxylation is 1. The number of ketones is 1. The van der Waals surface area contributed by atoms with Crippen molar-refractivity contribution < 1.29 is 31.9 Å². The summed E-state index contributed by atoms with van der Waals surface area (Å²) in [4.78, 5) is 24.1. The van der Waals surface area contributed by atoms with E-state index in [2.05, 4.69) is 4.72 Å². The van der Waals surface area contributed by atoms with Gasteiger partial charge in [0.2, 0.25) is 0 Å². The Morgan fingerprint density at radius 1 is 0.939 bits per heavy atom. The smallest absolute Gasteiger partial charge is 0.340 e. The van der Waals surface area contributed by atoms with E-state index in [1.54, 1.807) is 36.4 Å². The van der Waals surface area contributed by atoms with Gasteiger partial charge < -0.3 is 9.47 Å². The van der Waals surface area contributed by atoms with Crippen LogP contribution in [0, 0.1) is 12.7 Å². The molecule has 0 fully saturated rings. The van der Waals surface area contributed by atoms with E-state index >= 15 is 0 Å². The molecule has 0 bridgehead atoms. The number of hydrogen-bond acceptors (Lipinski definition) is 6. The van der Waals surface area contributed by atoms with Gasteiger partial charge >= 0.3 is 5.97 Å². The zero-order valence-corrected chi connectivity index (χ0v) is 18.8. The van der Waals surface area contributed by atoms with Gasteiger partial charge in [0.05, 0.1) is 21.7 Å². The first-order valence-corrected chi connectivity index (χ1v) is 11.5. The highest BCUT2D eigenvalue weighted by Crippen LogP contribution is 2.23. The van der Waals surface area contributed by atoms with Crippen LogP contribution in [0.15, 0.2) is 71.6 Å². The molecule has 3 rings (SSSR count). The molecule has 33 heavy (non-hydrogen) atoms. The largest absolute Gasteiger partial charge is 0.489 e. The SMILES string of the molecule is CC(=O)c1ccccc1OCCOC(=O)c1ccccc1NS(=O)(=O)c1ccc(F)cc1C. The average molecular weight is 472 g/mol. The van der Waals surface area contributed by atoms with Crippen LogP contribution in [0.4, 0.5) is 10.1 Å². The number of carbonyl (C=O) groups is 2. The molecule has 0 saturated heterocycles. The molecule has 3 aromatic rings. The van der Waals surface area contributed by atoms with Crippen molar-refractivity contribution in [2.75, 3.05) is 17.9 Å². The number of esters is 1. The highest BCUT2D eigenvalue weighted by molar-refractivity contribution is 7.92. The maximum absolute atomic E-state index is 13.3. The highest BCUT2D eigenvalue weighted by atomic mass is 32.2. The number of halogens is 1. The fourth-order valence-electron chi connectivity index (χ4n) is 3.11. The first-order valence-electron chi connectivity index (χ1n) is 9.97. The second kappa shape index (κ2) is 10.3. The maximum atomic E-state index is 13.3. The second-order valence-electron chi connectivity index (χ2n) is 7.10. The lowest BCUT2D eigenvalue weighted by molar-refractivity contribution is 0.0450. The highest BCUT2D eigenvalue weighted by Gasteiger charge is 2.21. The Morgan fingerprint density at radius 3 is 2.30 bits per heavy atom. The topological polar surface area (TPSA) is 98.8 Å². The maximum Gasteiger partial charge on any atom is 0.340 e. The summed E-state index contributed by atoms with van der Waals surface area (Å²) in [6.45, 7) is 2.78. The number of hydrogen-bond donors (Lipinski definition) is 1. The first kappa shape index (κ1) is 23.9. The number of nitrogens with one attached hydrogen (secondary N) is 1. The third-order valence-electron chi connectivity index (χ3n) is 4.66. The normalized spacial score (nSPS) is 11.0. The summed E-state index contributed by atoms with van der Waals surface area (Å²) in [6.07, 6.45) is 0. The van der Waals surface area contributed by atoms with E-state index in [0.717, 1.165) is 18.2 Å². The molecular formula is C24H22FNO6S. The molecule has 7 nitrogen and oxygen atoms in total. The van der Waals surface area contributed by atoms with Crippen LogP contribution in [0.5, 0.6) is 5.75 Å². The van der Waals surface area contributed by atoms with Gasteiger partial charge in [-0.3, -0.25) is 9.52 Å². The van der Waals surface area contributed by atoms with Crippen molar-refractivity contribution in [3.8, 4) is 5.75 Å². The van der Waals surface area contributed by atoms with E-state index in [4.69, 9.17) is 9.47 Å². The van der Waals surface area contributed by atoms with Gasteiger partial charge in [-0.25, -0.2) is 17.6 Å². The molecule has 0 saturated carbocycles. The van der Waals surface area contributed by atoms with E-state index < -0.39 is 21.8 Å². The molecule has 0 aliphatic rings. The average Bonchev–Trinajstić information content (AvgIpc) is 2.76. The summed E-state index contributed by atoms with van der Waals surface area (Å²) in [6, 6.07) is 16.0. The fourth-order valence-corrected chi connectivity index (χ4v) is 4.42. The fraction of sp³-hybridized carbons (Fsp3) is 0.167. The van der Waals surface area contributed by atoms with Crippen LogP contribution in [0.2, 0.25) is 0 Å². The van der Waals surface area contributed by atoms with Crippen molar-refractivity contribution in [1.82, 2.24) is 0 Å². The third kappa shape index (κ3) is 5.95. The van der Waals surface area contributed by atoms with Crippen LogP contribution in [0.25, 0.3) is 0 Å². The summed E-state index contributed by atoms with van der Waals surface area (Å²) in [7, 11) is -4.07. The number of para-hydroxylation sites is 2.